The molecular weight excluding hydrogens is 386 g/mol. The van der Waals surface area contributed by atoms with E-state index in [-0.39, 0.29) is 5.92 Å². The molecule has 0 spiro atoms. The minimum Gasteiger partial charge on any atom is -0.480 e. The lowest BCUT2D eigenvalue weighted by atomic mass is 10.0. The first-order chi connectivity index (χ1) is 14.1. The van der Waals surface area contributed by atoms with Crippen molar-refractivity contribution in [2.45, 2.75) is 72.4 Å². The van der Waals surface area contributed by atoms with Gasteiger partial charge in [-0.2, -0.15) is 0 Å². The topological polar surface area (TPSA) is 106 Å². The lowest BCUT2D eigenvalue weighted by Crippen LogP contribution is -2.46. The Morgan fingerprint density at radius 1 is 1.23 bits per heavy atom. The highest BCUT2D eigenvalue weighted by atomic mass is 16.5. The van der Waals surface area contributed by atoms with Crippen molar-refractivity contribution in [2.75, 3.05) is 0 Å². The van der Waals surface area contributed by atoms with Gasteiger partial charge in [-0.05, 0) is 56.7 Å². The summed E-state index contributed by atoms with van der Waals surface area (Å²) in [4.78, 5) is 35.9. The molecule has 0 aliphatic rings. The van der Waals surface area contributed by atoms with Gasteiger partial charge in [-0.25, -0.2) is 9.59 Å². The van der Waals surface area contributed by atoms with Gasteiger partial charge in [0.2, 0.25) is 0 Å². The predicted molar refractivity (Wildman–Crippen MR) is 115 cm³/mol. The Bertz CT molecular complexity index is 962. The summed E-state index contributed by atoms with van der Waals surface area (Å²) in [6.07, 6.45) is 2.18. The maximum atomic E-state index is 12.5. The van der Waals surface area contributed by atoms with Gasteiger partial charge < -0.3 is 19.6 Å². The lowest BCUT2D eigenvalue weighted by molar-refractivity contribution is -0.143. The van der Waals surface area contributed by atoms with Crippen LogP contribution in [0.1, 0.15) is 58.1 Å². The summed E-state index contributed by atoms with van der Waals surface area (Å²) < 4.78 is 11.2. The molecule has 2 aromatic rings. The van der Waals surface area contributed by atoms with Crippen molar-refractivity contribution in [2.24, 2.45) is 5.92 Å². The van der Waals surface area contributed by atoms with E-state index in [1.807, 2.05) is 19.9 Å². The first-order valence-corrected chi connectivity index (χ1v) is 10.4. The third-order valence-corrected chi connectivity index (χ3v) is 4.99. The predicted octanol–water partition coefficient (Wildman–Crippen LogP) is 3.83. The number of amides is 1. The number of fused-ring (bicyclic) bond motifs is 1. The van der Waals surface area contributed by atoms with Crippen molar-refractivity contribution in [3.05, 3.63) is 39.7 Å². The Balaban J connectivity index is 2.24. The molecule has 0 fully saturated rings. The maximum absolute atomic E-state index is 12.5. The average molecular weight is 418 g/mol. The van der Waals surface area contributed by atoms with Crippen LogP contribution in [-0.2, 0) is 16.0 Å². The Kier molecular flexibility index (Phi) is 8.03. The average Bonchev–Trinajstić information content (AvgIpc) is 2.67. The quantitative estimate of drug-likeness (QED) is 0.569. The number of carboxylic acids is 1. The van der Waals surface area contributed by atoms with Crippen LogP contribution in [0.25, 0.3) is 11.0 Å². The Hall–Kier alpha value is -2.83. The second-order valence-electron chi connectivity index (χ2n) is 8.05. The lowest BCUT2D eigenvalue weighted by Gasteiger charge is -2.21. The Morgan fingerprint density at radius 3 is 2.53 bits per heavy atom. The van der Waals surface area contributed by atoms with E-state index in [0.29, 0.717) is 23.3 Å². The standard InChI is InChI=1S/C23H31NO6/c1-6-7-8-16-12-20(25)30-21-14(4)19(10-9-17(16)21)29-15(5)22(26)24-18(23(27)28)11-13(2)3/h9-10,12-13,15,18H,6-8,11H2,1-5H3,(H,24,26)(H,27,28). The fraction of sp³-hybridized carbons (Fsp3) is 0.522. The molecule has 1 amide bonds. The van der Waals surface area contributed by atoms with Gasteiger partial charge in [-0.15, -0.1) is 0 Å². The SMILES string of the molecule is CCCCc1cc(=O)oc2c(C)c(OC(C)C(=O)NC(CC(C)C)C(=O)O)ccc12. The molecule has 7 nitrogen and oxygen atoms in total. The van der Waals surface area contributed by atoms with Crippen LogP contribution in [0.15, 0.2) is 27.4 Å². The summed E-state index contributed by atoms with van der Waals surface area (Å²) in [7, 11) is 0. The Labute approximate surface area is 176 Å². The molecule has 2 unspecified atom stereocenters. The summed E-state index contributed by atoms with van der Waals surface area (Å²) in [6.45, 7) is 9.20. The minimum absolute atomic E-state index is 0.121. The summed E-state index contributed by atoms with van der Waals surface area (Å²) in [5.74, 6) is -1.06. The van der Waals surface area contributed by atoms with Gasteiger partial charge in [-0.1, -0.05) is 27.2 Å². The van der Waals surface area contributed by atoms with Crippen molar-refractivity contribution in [3.63, 3.8) is 0 Å². The van der Waals surface area contributed by atoms with Crippen molar-refractivity contribution < 1.29 is 23.8 Å². The second-order valence-corrected chi connectivity index (χ2v) is 8.05. The van der Waals surface area contributed by atoms with Crippen LogP contribution in [0.2, 0.25) is 0 Å². The van der Waals surface area contributed by atoms with E-state index in [9.17, 15) is 19.5 Å². The van der Waals surface area contributed by atoms with Gasteiger partial charge in [0.25, 0.3) is 5.91 Å². The number of carboxylic acid groups (broad SMARTS) is 1. The minimum atomic E-state index is -1.08. The first-order valence-electron chi connectivity index (χ1n) is 10.4. The van der Waals surface area contributed by atoms with Crippen LogP contribution in [0, 0.1) is 12.8 Å². The van der Waals surface area contributed by atoms with Gasteiger partial charge in [0, 0.05) is 17.0 Å². The molecule has 0 bridgehead atoms. The number of unbranched alkanes of at least 4 members (excludes halogenated alkanes) is 1. The van der Waals surface area contributed by atoms with Crippen LogP contribution in [0.5, 0.6) is 5.75 Å². The molecule has 164 valence electrons. The fourth-order valence-electron chi connectivity index (χ4n) is 3.34. The molecular formula is C23H31NO6. The fourth-order valence-corrected chi connectivity index (χ4v) is 3.34. The van der Waals surface area contributed by atoms with Crippen molar-refractivity contribution in [1.29, 1.82) is 0 Å². The number of rotatable bonds is 10. The van der Waals surface area contributed by atoms with Crippen LogP contribution in [-0.4, -0.2) is 29.1 Å². The molecule has 0 saturated heterocycles. The number of hydrogen-bond acceptors (Lipinski definition) is 5. The number of nitrogens with one attached hydrogen (secondary N) is 1. The molecule has 2 N–H and O–H groups in total. The van der Waals surface area contributed by atoms with E-state index in [1.165, 1.54) is 6.07 Å². The highest BCUT2D eigenvalue weighted by Gasteiger charge is 2.25. The number of hydrogen-bond donors (Lipinski definition) is 2. The molecule has 1 heterocycles. The summed E-state index contributed by atoms with van der Waals surface area (Å²) >= 11 is 0. The van der Waals surface area contributed by atoms with E-state index in [4.69, 9.17) is 9.15 Å². The van der Waals surface area contributed by atoms with Crippen LogP contribution < -0.4 is 15.7 Å². The molecule has 2 atom stereocenters. The number of aliphatic carboxylic acids is 1. The number of ether oxygens (including phenoxy) is 1. The monoisotopic (exact) mass is 417 g/mol. The van der Waals surface area contributed by atoms with Gasteiger partial charge in [0.05, 0.1) is 0 Å². The van der Waals surface area contributed by atoms with E-state index in [1.54, 1.807) is 19.9 Å². The van der Waals surface area contributed by atoms with Gasteiger partial charge in [-0.3, -0.25) is 4.79 Å². The van der Waals surface area contributed by atoms with Crippen LogP contribution >= 0.6 is 0 Å². The smallest absolute Gasteiger partial charge is 0.336 e. The second kappa shape index (κ2) is 10.3. The summed E-state index contributed by atoms with van der Waals surface area (Å²) in [5.41, 5.74) is 1.58. The summed E-state index contributed by atoms with van der Waals surface area (Å²) in [5, 5.41) is 12.7. The molecule has 0 saturated carbocycles. The van der Waals surface area contributed by atoms with E-state index >= 15 is 0 Å². The molecule has 1 aromatic carbocycles. The molecule has 0 radical (unpaired) electrons. The van der Waals surface area contributed by atoms with E-state index in [0.717, 1.165) is 30.2 Å². The Morgan fingerprint density at radius 2 is 1.93 bits per heavy atom. The van der Waals surface area contributed by atoms with Gasteiger partial charge >= 0.3 is 11.6 Å². The molecule has 0 aliphatic heterocycles. The number of benzene rings is 1. The van der Waals surface area contributed by atoms with E-state index < -0.39 is 29.6 Å². The van der Waals surface area contributed by atoms with Crippen molar-refractivity contribution in [3.8, 4) is 5.75 Å². The third-order valence-electron chi connectivity index (χ3n) is 4.99. The zero-order chi connectivity index (χ0) is 22.4. The van der Waals surface area contributed by atoms with Gasteiger partial charge in [0.1, 0.15) is 17.4 Å². The highest BCUT2D eigenvalue weighted by molar-refractivity contribution is 5.87. The normalized spacial score (nSPS) is 13.3. The summed E-state index contributed by atoms with van der Waals surface area (Å²) in [6, 6.07) is 4.13. The molecule has 7 heteroatoms. The zero-order valence-electron chi connectivity index (χ0n) is 18.3. The molecule has 2 rings (SSSR count). The highest BCUT2D eigenvalue weighted by Crippen LogP contribution is 2.29. The van der Waals surface area contributed by atoms with Crippen molar-refractivity contribution in [1.82, 2.24) is 5.32 Å². The largest absolute Gasteiger partial charge is 0.480 e. The number of carbonyl (C=O) groups is 2. The first kappa shape index (κ1) is 23.4. The third kappa shape index (κ3) is 5.84. The maximum Gasteiger partial charge on any atom is 0.336 e. The number of carbonyl (C=O) groups excluding carboxylic acids is 1. The zero-order valence-corrected chi connectivity index (χ0v) is 18.3. The van der Waals surface area contributed by atoms with E-state index in [2.05, 4.69) is 12.2 Å². The van der Waals surface area contributed by atoms with Crippen LogP contribution in [0.4, 0.5) is 0 Å². The van der Waals surface area contributed by atoms with Crippen molar-refractivity contribution >= 4 is 22.8 Å². The van der Waals surface area contributed by atoms with Gasteiger partial charge in [0.15, 0.2) is 6.10 Å². The molecule has 30 heavy (non-hydrogen) atoms. The molecule has 1 aromatic heterocycles. The molecule has 0 aliphatic carbocycles. The number of aryl methyl sites for hydroxylation is 2. The van der Waals surface area contributed by atoms with Crippen LogP contribution in [0.3, 0.4) is 0 Å².